The first kappa shape index (κ1) is 17.5. The van der Waals surface area contributed by atoms with E-state index in [9.17, 15) is 14.3 Å². The Bertz CT molecular complexity index is 774. The van der Waals surface area contributed by atoms with Gasteiger partial charge in [-0.15, -0.1) is 0 Å². The molecule has 1 aromatic carbocycles. The summed E-state index contributed by atoms with van der Waals surface area (Å²) in [7, 11) is 0. The number of aromatic hydroxyl groups is 1. The van der Waals surface area contributed by atoms with Crippen LogP contribution in [0.15, 0.2) is 28.1 Å². The van der Waals surface area contributed by atoms with Gasteiger partial charge >= 0.3 is 0 Å². The fourth-order valence-corrected chi connectivity index (χ4v) is 4.84. The number of aliphatic imine (C=N–C) groups is 1. The molecule has 1 N–H and O–H groups in total. The molecule has 4 rings (SSSR count). The van der Waals surface area contributed by atoms with Crippen molar-refractivity contribution in [3.63, 3.8) is 0 Å². The second-order valence-corrected chi connectivity index (χ2v) is 8.02. The van der Waals surface area contributed by atoms with Crippen LogP contribution in [0.2, 0.25) is 0 Å². The summed E-state index contributed by atoms with van der Waals surface area (Å²) in [5.74, 6) is -0.971. The van der Waals surface area contributed by atoms with E-state index >= 15 is 0 Å². The second kappa shape index (κ2) is 7.40. The zero-order valence-corrected chi connectivity index (χ0v) is 15.3. The standard InChI is InChI=1S/C19H22FN3O2S/c20-14-6-5-13(16(24)11-14)10-17-18(25)21-19(26-17)23-9-3-4-15(23)12-22-7-1-2-8-22/h5-6,10-11,15,24H,1-4,7-9,12H2/b17-10-/t15-/m0/s1. The second-order valence-electron chi connectivity index (χ2n) is 7.01. The monoisotopic (exact) mass is 375 g/mol. The maximum absolute atomic E-state index is 13.1. The molecule has 0 aromatic heterocycles. The zero-order chi connectivity index (χ0) is 18.1. The third kappa shape index (κ3) is 3.64. The van der Waals surface area contributed by atoms with Crippen LogP contribution in [0.4, 0.5) is 4.39 Å². The first-order valence-electron chi connectivity index (χ1n) is 9.10. The molecule has 3 aliphatic heterocycles. The van der Waals surface area contributed by atoms with Crippen LogP contribution in [0.3, 0.4) is 0 Å². The number of amides is 1. The van der Waals surface area contributed by atoms with Crippen molar-refractivity contribution in [3.05, 3.63) is 34.5 Å². The van der Waals surface area contributed by atoms with Crippen LogP contribution in [0.5, 0.6) is 5.75 Å². The van der Waals surface area contributed by atoms with Crippen LogP contribution >= 0.6 is 11.8 Å². The van der Waals surface area contributed by atoms with Crippen molar-refractivity contribution >= 4 is 28.9 Å². The van der Waals surface area contributed by atoms with Gasteiger partial charge in [-0.3, -0.25) is 4.79 Å². The molecule has 26 heavy (non-hydrogen) atoms. The van der Waals surface area contributed by atoms with Gasteiger partial charge in [-0.25, -0.2) is 4.39 Å². The van der Waals surface area contributed by atoms with Crippen molar-refractivity contribution < 1.29 is 14.3 Å². The average Bonchev–Trinajstić information content (AvgIpc) is 3.33. The van der Waals surface area contributed by atoms with Crippen LogP contribution in [-0.4, -0.2) is 58.2 Å². The van der Waals surface area contributed by atoms with Gasteiger partial charge in [0.1, 0.15) is 11.6 Å². The van der Waals surface area contributed by atoms with E-state index in [2.05, 4.69) is 14.8 Å². The summed E-state index contributed by atoms with van der Waals surface area (Å²) in [6, 6.07) is 4.19. The maximum atomic E-state index is 13.1. The molecular weight excluding hydrogens is 353 g/mol. The number of phenols is 1. The van der Waals surface area contributed by atoms with Gasteiger partial charge in [0.2, 0.25) is 0 Å². The first-order valence-corrected chi connectivity index (χ1v) is 9.92. The fourth-order valence-electron chi connectivity index (χ4n) is 3.84. The maximum Gasteiger partial charge on any atom is 0.286 e. The van der Waals surface area contributed by atoms with Crippen molar-refractivity contribution in [1.29, 1.82) is 0 Å². The molecule has 0 bridgehead atoms. The molecule has 1 amide bonds. The Kier molecular flexibility index (Phi) is 5.00. The predicted molar refractivity (Wildman–Crippen MR) is 101 cm³/mol. The molecule has 0 saturated carbocycles. The lowest BCUT2D eigenvalue weighted by molar-refractivity contribution is -0.113. The highest BCUT2D eigenvalue weighted by Gasteiger charge is 2.34. The van der Waals surface area contributed by atoms with Crippen molar-refractivity contribution in [2.45, 2.75) is 31.7 Å². The van der Waals surface area contributed by atoms with Gasteiger partial charge in [0.25, 0.3) is 5.91 Å². The fraction of sp³-hybridized carbons (Fsp3) is 0.474. The van der Waals surface area contributed by atoms with Gasteiger partial charge < -0.3 is 14.9 Å². The van der Waals surface area contributed by atoms with Crippen LogP contribution < -0.4 is 0 Å². The number of amidine groups is 1. The minimum absolute atomic E-state index is 0.174. The number of hydrogen-bond acceptors (Lipinski definition) is 5. The quantitative estimate of drug-likeness (QED) is 0.823. The summed E-state index contributed by atoms with van der Waals surface area (Å²) in [5.41, 5.74) is 0.425. The number of rotatable bonds is 3. The Labute approximate surface area is 156 Å². The van der Waals surface area contributed by atoms with Crippen molar-refractivity contribution in [2.24, 2.45) is 4.99 Å². The molecule has 3 heterocycles. The number of thioether (sulfide) groups is 1. The molecule has 0 aliphatic carbocycles. The van der Waals surface area contributed by atoms with Crippen LogP contribution in [0.25, 0.3) is 6.08 Å². The normalized spacial score (nSPS) is 25.5. The Morgan fingerprint density at radius 2 is 2.08 bits per heavy atom. The molecule has 0 spiro atoms. The number of carbonyl (C=O) groups excluding carboxylic acids is 1. The van der Waals surface area contributed by atoms with E-state index in [1.807, 2.05) is 0 Å². The summed E-state index contributed by atoms with van der Waals surface area (Å²) in [5, 5.41) is 10.6. The van der Waals surface area contributed by atoms with Crippen LogP contribution in [0, 0.1) is 5.82 Å². The van der Waals surface area contributed by atoms with Gasteiger partial charge in [-0.2, -0.15) is 4.99 Å². The van der Waals surface area contributed by atoms with E-state index in [4.69, 9.17) is 0 Å². The van der Waals surface area contributed by atoms with Gasteiger partial charge in [-0.1, -0.05) is 0 Å². The summed E-state index contributed by atoms with van der Waals surface area (Å²) in [6.07, 6.45) is 6.37. The molecule has 138 valence electrons. The first-order chi connectivity index (χ1) is 12.6. The summed E-state index contributed by atoms with van der Waals surface area (Å²) in [4.78, 5) is 21.8. The minimum atomic E-state index is -0.506. The van der Waals surface area contributed by atoms with E-state index in [0.717, 1.165) is 50.3 Å². The molecule has 0 radical (unpaired) electrons. The summed E-state index contributed by atoms with van der Waals surface area (Å²) < 4.78 is 13.1. The zero-order valence-electron chi connectivity index (χ0n) is 14.5. The molecule has 3 aliphatic rings. The van der Waals surface area contributed by atoms with Crippen LogP contribution in [0.1, 0.15) is 31.2 Å². The third-order valence-electron chi connectivity index (χ3n) is 5.18. The lowest BCUT2D eigenvalue weighted by Gasteiger charge is -2.29. The van der Waals surface area contributed by atoms with E-state index in [1.54, 1.807) is 6.08 Å². The number of carbonyl (C=O) groups is 1. The summed E-state index contributed by atoms with van der Waals surface area (Å²) in [6.45, 7) is 4.29. The molecule has 0 unspecified atom stereocenters. The van der Waals surface area contributed by atoms with Gasteiger partial charge in [0, 0.05) is 30.8 Å². The SMILES string of the molecule is O=C1N=C(N2CCC[C@H]2CN2CCCC2)S/C1=C\c1ccc(F)cc1O. The Balaban J connectivity index is 1.47. The van der Waals surface area contributed by atoms with Crippen molar-refractivity contribution in [3.8, 4) is 5.75 Å². The largest absolute Gasteiger partial charge is 0.507 e. The average molecular weight is 375 g/mol. The molecule has 1 aromatic rings. The molecule has 2 saturated heterocycles. The molecule has 2 fully saturated rings. The predicted octanol–water partition coefficient (Wildman–Crippen LogP) is 3.06. The van der Waals surface area contributed by atoms with Crippen molar-refractivity contribution in [2.75, 3.05) is 26.2 Å². The molecule has 7 heteroatoms. The Morgan fingerprint density at radius 1 is 1.27 bits per heavy atom. The third-order valence-corrected chi connectivity index (χ3v) is 6.20. The van der Waals surface area contributed by atoms with Crippen molar-refractivity contribution in [1.82, 2.24) is 9.80 Å². The summed E-state index contributed by atoms with van der Waals surface area (Å²) >= 11 is 1.35. The number of halogens is 1. The van der Waals surface area contributed by atoms with E-state index in [-0.39, 0.29) is 11.7 Å². The highest BCUT2D eigenvalue weighted by atomic mass is 32.2. The minimum Gasteiger partial charge on any atom is -0.507 e. The topological polar surface area (TPSA) is 56.1 Å². The molecule has 5 nitrogen and oxygen atoms in total. The van der Waals surface area contributed by atoms with E-state index in [1.165, 1.54) is 36.7 Å². The molecule has 1 atom stereocenters. The van der Waals surface area contributed by atoms with E-state index in [0.29, 0.717) is 16.5 Å². The van der Waals surface area contributed by atoms with Gasteiger partial charge in [0.15, 0.2) is 5.17 Å². The van der Waals surface area contributed by atoms with E-state index < -0.39 is 5.82 Å². The number of nitrogens with zero attached hydrogens (tertiary/aromatic N) is 3. The smallest absolute Gasteiger partial charge is 0.286 e. The Hall–Kier alpha value is -1.86. The molecular formula is C19H22FN3O2S. The van der Waals surface area contributed by atoms with Gasteiger partial charge in [-0.05, 0) is 68.7 Å². The number of phenolic OH excluding ortho intramolecular Hbond substituents is 1. The number of benzene rings is 1. The highest BCUT2D eigenvalue weighted by Crippen LogP contribution is 2.35. The number of hydrogen-bond donors (Lipinski definition) is 1. The lowest BCUT2D eigenvalue weighted by atomic mass is 10.2. The Morgan fingerprint density at radius 3 is 2.85 bits per heavy atom. The van der Waals surface area contributed by atoms with Crippen LogP contribution in [-0.2, 0) is 4.79 Å². The number of likely N-dealkylation sites (tertiary alicyclic amines) is 2. The lowest BCUT2D eigenvalue weighted by Crippen LogP contribution is -2.41. The highest BCUT2D eigenvalue weighted by molar-refractivity contribution is 8.18. The van der Waals surface area contributed by atoms with Gasteiger partial charge in [0.05, 0.1) is 4.91 Å².